The van der Waals surface area contributed by atoms with Crippen LogP contribution in [0.1, 0.15) is 53.2 Å². The number of Topliss-reactive ketones (excluding diaryl/α,β-unsaturated/α-hetero) is 1. The molecular weight excluding hydrogens is 402 g/mol. The van der Waals surface area contributed by atoms with E-state index in [1.807, 2.05) is 6.07 Å². The molecule has 0 bridgehead atoms. The van der Waals surface area contributed by atoms with Gasteiger partial charge in [0.1, 0.15) is 5.92 Å². The summed E-state index contributed by atoms with van der Waals surface area (Å²) in [5, 5.41) is 5.37. The first-order chi connectivity index (χ1) is 14.0. The molecule has 4 nitrogen and oxygen atoms in total. The molecule has 2 aliphatic rings. The van der Waals surface area contributed by atoms with Crippen LogP contribution in [0.4, 0.5) is 0 Å². The first kappa shape index (κ1) is 20.1. The molecule has 0 saturated carbocycles. The zero-order valence-corrected chi connectivity index (χ0v) is 18.3. The fourth-order valence-electron chi connectivity index (χ4n) is 4.34. The lowest BCUT2D eigenvalue weighted by atomic mass is 9.71. The lowest BCUT2D eigenvalue weighted by molar-refractivity contribution is -0.147. The molecule has 29 heavy (non-hydrogen) atoms. The Morgan fingerprint density at radius 1 is 1.24 bits per heavy atom. The van der Waals surface area contributed by atoms with Gasteiger partial charge in [0.2, 0.25) is 0 Å². The smallest absolute Gasteiger partial charge is 0.315 e. The SMILES string of the molecule is C=C1NC2=C(C(=O)CC(c3cccs3)C2)C(c2ccc(CC)s2)C1C(=O)OCC. The van der Waals surface area contributed by atoms with Crippen LogP contribution in [-0.2, 0) is 20.7 Å². The van der Waals surface area contributed by atoms with Gasteiger partial charge in [-0.3, -0.25) is 9.59 Å². The Morgan fingerprint density at radius 2 is 2.07 bits per heavy atom. The van der Waals surface area contributed by atoms with Gasteiger partial charge in [-0.25, -0.2) is 0 Å². The molecule has 0 spiro atoms. The van der Waals surface area contributed by atoms with Crippen LogP contribution < -0.4 is 5.32 Å². The van der Waals surface area contributed by atoms with Crippen LogP contribution in [0.5, 0.6) is 0 Å². The Bertz CT molecular complexity index is 970. The zero-order chi connectivity index (χ0) is 20.5. The molecule has 2 aromatic heterocycles. The van der Waals surface area contributed by atoms with Crippen LogP contribution in [0.15, 0.2) is 53.2 Å². The maximum Gasteiger partial charge on any atom is 0.315 e. The molecule has 6 heteroatoms. The summed E-state index contributed by atoms with van der Waals surface area (Å²) >= 11 is 3.37. The Kier molecular flexibility index (Phi) is 5.74. The van der Waals surface area contributed by atoms with Gasteiger partial charge in [0, 0.05) is 49.9 Å². The third kappa shape index (κ3) is 3.71. The molecule has 2 aromatic rings. The molecule has 1 aliphatic heterocycles. The number of ether oxygens (including phenoxy) is 1. The number of hydrogen-bond acceptors (Lipinski definition) is 6. The van der Waals surface area contributed by atoms with E-state index in [0.717, 1.165) is 29.0 Å². The van der Waals surface area contributed by atoms with Gasteiger partial charge in [-0.05, 0) is 43.3 Å². The fraction of sp³-hybridized carbons (Fsp3) is 0.391. The molecule has 3 unspecified atom stereocenters. The summed E-state index contributed by atoms with van der Waals surface area (Å²) in [5.74, 6) is -0.924. The standard InChI is InChI=1S/C23H25NO3S2/c1-4-15-8-9-19(29-15)22-20(23(26)27-5-2)13(3)24-16-11-14(12-17(25)21(16)22)18-7-6-10-28-18/h6-10,14,20,22,24H,3-5,11-12H2,1-2H3. The van der Waals surface area contributed by atoms with Gasteiger partial charge in [-0.2, -0.15) is 0 Å². The first-order valence-electron chi connectivity index (χ1n) is 10.0. The van der Waals surface area contributed by atoms with Crippen LogP contribution in [0.2, 0.25) is 0 Å². The molecule has 0 aromatic carbocycles. The van der Waals surface area contributed by atoms with Gasteiger partial charge in [-0.15, -0.1) is 22.7 Å². The van der Waals surface area contributed by atoms with Crippen LogP contribution in [0.25, 0.3) is 0 Å². The van der Waals surface area contributed by atoms with Gasteiger partial charge in [0.15, 0.2) is 5.78 Å². The van der Waals surface area contributed by atoms with Gasteiger partial charge in [0.05, 0.1) is 6.61 Å². The molecular formula is C23H25NO3S2. The minimum Gasteiger partial charge on any atom is -0.465 e. The first-order valence-corrected chi connectivity index (χ1v) is 11.7. The highest BCUT2D eigenvalue weighted by atomic mass is 32.1. The van der Waals surface area contributed by atoms with Crippen molar-refractivity contribution in [2.45, 2.75) is 44.9 Å². The van der Waals surface area contributed by atoms with Crippen molar-refractivity contribution in [2.24, 2.45) is 5.92 Å². The van der Waals surface area contributed by atoms with Crippen molar-refractivity contribution < 1.29 is 14.3 Å². The van der Waals surface area contributed by atoms with Crippen LogP contribution in [0, 0.1) is 5.92 Å². The maximum absolute atomic E-state index is 13.4. The summed E-state index contributed by atoms with van der Waals surface area (Å²) in [6.07, 6.45) is 2.17. The summed E-state index contributed by atoms with van der Waals surface area (Å²) in [6, 6.07) is 8.27. The second-order valence-electron chi connectivity index (χ2n) is 7.45. The van der Waals surface area contributed by atoms with Gasteiger partial charge < -0.3 is 10.1 Å². The number of esters is 1. The fourth-order valence-corrected chi connectivity index (χ4v) is 6.27. The summed E-state index contributed by atoms with van der Waals surface area (Å²) < 4.78 is 5.36. The molecule has 1 aliphatic carbocycles. The third-order valence-corrected chi connectivity index (χ3v) is 8.01. The van der Waals surface area contributed by atoms with Crippen LogP contribution in [-0.4, -0.2) is 18.4 Å². The predicted octanol–water partition coefficient (Wildman–Crippen LogP) is 5.15. The third-order valence-electron chi connectivity index (χ3n) is 5.66. The highest BCUT2D eigenvalue weighted by Gasteiger charge is 2.46. The zero-order valence-electron chi connectivity index (χ0n) is 16.7. The topological polar surface area (TPSA) is 55.4 Å². The van der Waals surface area contributed by atoms with Gasteiger partial charge in [-0.1, -0.05) is 19.6 Å². The highest BCUT2D eigenvalue weighted by Crippen LogP contribution is 2.49. The van der Waals surface area contributed by atoms with Crippen molar-refractivity contribution in [1.82, 2.24) is 5.32 Å². The number of hydrogen-bond donors (Lipinski definition) is 1. The number of allylic oxidation sites excluding steroid dienone is 2. The van der Waals surface area contributed by atoms with E-state index >= 15 is 0 Å². The van der Waals surface area contributed by atoms with E-state index in [-0.39, 0.29) is 23.6 Å². The molecule has 3 heterocycles. The van der Waals surface area contributed by atoms with Crippen molar-refractivity contribution in [3.05, 3.63) is 67.8 Å². The Labute approximate surface area is 179 Å². The quantitative estimate of drug-likeness (QED) is 0.670. The van der Waals surface area contributed by atoms with Crippen molar-refractivity contribution in [3.63, 3.8) is 0 Å². The second kappa shape index (κ2) is 8.28. The average molecular weight is 428 g/mol. The van der Waals surface area contributed by atoms with Gasteiger partial charge in [0.25, 0.3) is 0 Å². The lowest BCUT2D eigenvalue weighted by Crippen LogP contribution is -2.41. The number of thiophene rings is 2. The number of nitrogens with one attached hydrogen (secondary N) is 1. The van der Waals surface area contributed by atoms with Crippen LogP contribution in [0.3, 0.4) is 0 Å². The molecule has 1 N–H and O–H groups in total. The molecule has 0 fully saturated rings. The van der Waals surface area contributed by atoms with E-state index in [1.54, 1.807) is 29.6 Å². The predicted molar refractivity (Wildman–Crippen MR) is 117 cm³/mol. The van der Waals surface area contributed by atoms with E-state index in [2.05, 4.69) is 42.4 Å². The molecule has 0 amide bonds. The Hall–Kier alpha value is -2.18. The van der Waals surface area contributed by atoms with E-state index < -0.39 is 5.92 Å². The summed E-state index contributed by atoms with van der Waals surface area (Å²) in [4.78, 5) is 29.7. The average Bonchev–Trinajstić information content (AvgIpc) is 3.38. The number of rotatable bonds is 5. The van der Waals surface area contributed by atoms with E-state index in [4.69, 9.17) is 4.74 Å². The number of carbonyl (C=O) groups is 2. The highest BCUT2D eigenvalue weighted by molar-refractivity contribution is 7.12. The van der Waals surface area contributed by atoms with E-state index in [0.29, 0.717) is 18.7 Å². The minimum atomic E-state index is -0.584. The molecule has 3 atom stereocenters. The van der Waals surface area contributed by atoms with Crippen molar-refractivity contribution in [3.8, 4) is 0 Å². The summed E-state index contributed by atoms with van der Waals surface area (Å²) in [7, 11) is 0. The minimum absolute atomic E-state index is 0.121. The number of ketones is 1. The lowest BCUT2D eigenvalue weighted by Gasteiger charge is -2.39. The van der Waals surface area contributed by atoms with Crippen LogP contribution >= 0.6 is 22.7 Å². The van der Waals surface area contributed by atoms with E-state index in [9.17, 15) is 9.59 Å². The second-order valence-corrected chi connectivity index (χ2v) is 9.63. The van der Waals surface area contributed by atoms with Gasteiger partial charge >= 0.3 is 5.97 Å². The van der Waals surface area contributed by atoms with E-state index in [1.165, 1.54) is 9.75 Å². The summed E-state index contributed by atoms with van der Waals surface area (Å²) in [5.41, 5.74) is 2.28. The Morgan fingerprint density at radius 3 is 2.72 bits per heavy atom. The summed E-state index contributed by atoms with van der Waals surface area (Å²) in [6.45, 7) is 8.37. The van der Waals surface area contributed by atoms with Crippen molar-refractivity contribution >= 4 is 34.4 Å². The molecule has 0 radical (unpaired) electrons. The largest absolute Gasteiger partial charge is 0.465 e. The van der Waals surface area contributed by atoms with Crippen molar-refractivity contribution in [2.75, 3.05) is 6.61 Å². The number of aryl methyl sites for hydroxylation is 1. The Balaban J connectivity index is 1.79. The van der Waals surface area contributed by atoms with Crippen molar-refractivity contribution in [1.29, 1.82) is 0 Å². The number of carbonyl (C=O) groups excluding carboxylic acids is 2. The maximum atomic E-state index is 13.4. The normalized spacial score (nSPS) is 24.3. The molecule has 4 rings (SSSR count). The molecule has 0 saturated heterocycles. The molecule has 152 valence electrons. The monoisotopic (exact) mass is 427 g/mol.